The maximum atomic E-state index is 10.2. The molecule has 0 saturated carbocycles. The third-order valence-electron chi connectivity index (χ3n) is 6.35. The minimum absolute atomic E-state index is 0.218. The smallest absolute Gasteiger partial charge is 0.110 e. The molecule has 0 amide bonds. The van der Waals surface area contributed by atoms with Crippen LogP contribution in [0.15, 0.2) is 54.7 Å². The molecular weight excluding hydrogens is 382 g/mol. The molecule has 5 nitrogen and oxygen atoms in total. The Labute approximate surface area is 183 Å². The molecule has 156 valence electrons. The van der Waals surface area contributed by atoms with E-state index < -0.39 is 0 Å². The Morgan fingerprint density at radius 2 is 1.97 bits per heavy atom. The van der Waals surface area contributed by atoms with E-state index in [2.05, 4.69) is 58.6 Å². The molecule has 2 N–H and O–H groups in total. The van der Waals surface area contributed by atoms with Crippen LogP contribution in [0.5, 0.6) is 0 Å². The number of nitrogens with zero attached hydrogens (tertiary/aromatic N) is 3. The van der Waals surface area contributed by atoms with Crippen LogP contribution in [0.1, 0.15) is 40.2 Å². The zero-order valence-electron chi connectivity index (χ0n) is 17.9. The van der Waals surface area contributed by atoms with Crippen LogP contribution >= 0.6 is 0 Å². The van der Waals surface area contributed by atoms with Crippen LogP contribution in [0, 0.1) is 40.9 Å². The molecule has 1 saturated heterocycles. The molecule has 3 aromatic rings. The predicted octanol–water partition coefficient (Wildman–Crippen LogP) is 4.09. The highest BCUT2D eigenvalue weighted by molar-refractivity contribution is 5.33. The molecule has 1 aliphatic heterocycles. The number of hydrogen-bond donors (Lipinski definition) is 2. The van der Waals surface area contributed by atoms with Gasteiger partial charge in [0.15, 0.2) is 0 Å². The topological polar surface area (TPSA) is 88.3 Å². The van der Waals surface area contributed by atoms with Gasteiger partial charge in [-0.05, 0) is 68.5 Å². The number of H-pyrrole nitrogens is 1. The zero-order chi connectivity index (χ0) is 21.7. The van der Waals surface area contributed by atoms with E-state index in [4.69, 9.17) is 5.26 Å². The van der Waals surface area contributed by atoms with E-state index in [1.807, 2.05) is 30.5 Å². The Hall–Kier alpha value is -3.41. The van der Waals surface area contributed by atoms with E-state index in [-0.39, 0.29) is 11.3 Å². The maximum Gasteiger partial charge on any atom is 0.110 e. The van der Waals surface area contributed by atoms with Crippen molar-refractivity contribution < 1.29 is 0 Å². The molecule has 0 spiro atoms. The van der Waals surface area contributed by atoms with E-state index in [1.54, 1.807) is 0 Å². The first-order chi connectivity index (χ1) is 15.1. The fourth-order valence-corrected chi connectivity index (χ4v) is 4.62. The summed E-state index contributed by atoms with van der Waals surface area (Å²) in [4.78, 5) is 8.02. The number of hydrogen-bond acceptors (Lipinski definition) is 4. The van der Waals surface area contributed by atoms with Crippen molar-refractivity contribution in [2.24, 2.45) is 11.3 Å². The third-order valence-corrected chi connectivity index (χ3v) is 6.35. The Morgan fingerprint density at radius 3 is 2.71 bits per heavy atom. The number of benzene rings is 2. The number of imidazole rings is 1. The number of piperidine rings is 1. The van der Waals surface area contributed by atoms with E-state index in [9.17, 15) is 5.26 Å². The molecule has 31 heavy (non-hydrogen) atoms. The van der Waals surface area contributed by atoms with Crippen molar-refractivity contribution in [1.29, 1.82) is 10.5 Å². The number of aryl methyl sites for hydroxylation is 1. The minimum Gasteiger partial charge on any atom is -0.346 e. The van der Waals surface area contributed by atoms with Gasteiger partial charge in [-0.25, -0.2) is 4.98 Å². The van der Waals surface area contributed by atoms with E-state index in [1.165, 1.54) is 11.1 Å². The molecule has 0 aliphatic carbocycles. The van der Waals surface area contributed by atoms with Crippen LogP contribution in [-0.4, -0.2) is 23.1 Å². The Kier molecular flexibility index (Phi) is 6.16. The number of aromatic nitrogens is 2. The first kappa shape index (κ1) is 20.8. The maximum absolute atomic E-state index is 10.2. The van der Waals surface area contributed by atoms with Crippen LogP contribution in [0.25, 0.3) is 0 Å². The largest absolute Gasteiger partial charge is 0.346 e. The molecule has 2 atom stereocenters. The summed E-state index contributed by atoms with van der Waals surface area (Å²) in [5, 5.41) is 22.7. The van der Waals surface area contributed by atoms with Crippen molar-refractivity contribution in [2.75, 3.05) is 13.1 Å². The highest BCUT2D eigenvalue weighted by Gasteiger charge is 2.41. The molecule has 2 heterocycles. The van der Waals surface area contributed by atoms with Crippen molar-refractivity contribution in [1.82, 2.24) is 15.3 Å². The lowest BCUT2D eigenvalue weighted by atomic mass is 9.66. The molecule has 0 radical (unpaired) electrons. The van der Waals surface area contributed by atoms with E-state index >= 15 is 0 Å². The average molecular weight is 410 g/mol. The second-order valence-electron chi connectivity index (χ2n) is 8.63. The lowest BCUT2D eigenvalue weighted by molar-refractivity contribution is 0.171. The summed E-state index contributed by atoms with van der Waals surface area (Å²) in [5.41, 5.74) is 4.94. The normalized spacial score (nSPS) is 20.7. The minimum atomic E-state index is -0.378. The highest BCUT2D eigenvalue weighted by Crippen LogP contribution is 2.39. The van der Waals surface area contributed by atoms with Gasteiger partial charge in [-0.2, -0.15) is 10.5 Å². The summed E-state index contributed by atoms with van der Waals surface area (Å²) in [6, 6.07) is 21.0. The van der Waals surface area contributed by atoms with Crippen LogP contribution in [-0.2, 0) is 19.3 Å². The third kappa shape index (κ3) is 4.85. The van der Waals surface area contributed by atoms with Gasteiger partial charge >= 0.3 is 0 Å². The van der Waals surface area contributed by atoms with Crippen LogP contribution in [0.2, 0.25) is 0 Å². The second kappa shape index (κ2) is 9.16. The molecule has 4 rings (SSSR count). The van der Waals surface area contributed by atoms with Gasteiger partial charge in [0.2, 0.25) is 0 Å². The van der Waals surface area contributed by atoms with Crippen molar-refractivity contribution in [3.63, 3.8) is 0 Å². The van der Waals surface area contributed by atoms with Crippen molar-refractivity contribution in [3.8, 4) is 12.1 Å². The van der Waals surface area contributed by atoms with Gasteiger partial charge in [0.25, 0.3) is 0 Å². The first-order valence-corrected chi connectivity index (χ1v) is 10.8. The summed E-state index contributed by atoms with van der Waals surface area (Å²) in [7, 11) is 0. The van der Waals surface area contributed by atoms with Crippen molar-refractivity contribution in [2.45, 2.75) is 32.6 Å². The van der Waals surface area contributed by atoms with Crippen LogP contribution < -0.4 is 5.32 Å². The van der Waals surface area contributed by atoms with Gasteiger partial charge in [-0.3, -0.25) is 0 Å². The number of nitriles is 2. The standard InChI is InChI=1S/C26H27N5/c1-19-3-2-4-22(11-19)14-26(18-28)9-10-29-16-23(26)13-24-17-30-25(31-24)12-20-5-7-21(15-27)8-6-20/h2-8,11,17,23,29H,9-10,12-14,16H2,1H3,(H,30,31). The Morgan fingerprint density at radius 1 is 1.13 bits per heavy atom. The monoisotopic (exact) mass is 409 g/mol. The summed E-state index contributed by atoms with van der Waals surface area (Å²) in [5.74, 6) is 1.12. The van der Waals surface area contributed by atoms with Crippen molar-refractivity contribution in [3.05, 3.63) is 88.5 Å². The summed E-state index contributed by atoms with van der Waals surface area (Å²) in [6.45, 7) is 3.81. The lowest BCUT2D eigenvalue weighted by Gasteiger charge is -2.39. The molecule has 1 aliphatic rings. The summed E-state index contributed by atoms with van der Waals surface area (Å²) in [6.07, 6.45) is 5.04. The fourth-order valence-electron chi connectivity index (χ4n) is 4.62. The van der Waals surface area contributed by atoms with Gasteiger partial charge in [0.1, 0.15) is 5.82 Å². The average Bonchev–Trinajstić information content (AvgIpc) is 3.22. The van der Waals surface area contributed by atoms with Gasteiger partial charge in [0.05, 0.1) is 23.1 Å². The second-order valence-corrected chi connectivity index (χ2v) is 8.63. The van der Waals surface area contributed by atoms with E-state index in [0.29, 0.717) is 12.0 Å². The molecule has 0 bridgehead atoms. The molecule has 1 aromatic heterocycles. The van der Waals surface area contributed by atoms with Gasteiger partial charge in [0, 0.05) is 18.3 Å². The Balaban J connectivity index is 1.49. The lowest BCUT2D eigenvalue weighted by Crippen LogP contribution is -2.46. The highest BCUT2D eigenvalue weighted by atomic mass is 14.9. The molecule has 5 heteroatoms. The summed E-state index contributed by atoms with van der Waals surface area (Å²) < 4.78 is 0. The first-order valence-electron chi connectivity index (χ1n) is 10.8. The number of rotatable bonds is 6. The zero-order valence-corrected chi connectivity index (χ0v) is 17.9. The van der Waals surface area contributed by atoms with Crippen LogP contribution in [0.3, 0.4) is 0 Å². The predicted molar refractivity (Wildman–Crippen MR) is 120 cm³/mol. The number of nitrogens with one attached hydrogen (secondary N) is 2. The SMILES string of the molecule is Cc1cccc(CC2(C#N)CCNCC2Cc2cnc(Cc3ccc(C#N)cc3)[nH]2)c1. The molecular formula is C26H27N5. The number of aromatic amines is 1. The molecule has 2 unspecified atom stereocenters. The Bertz CT molecular complexity index is 1120. The van der Waals surface area contributed by atoms with Gasteiger partial charge < -0.3 is 10.3 Å². The van der Waals surface area contributed by atoms with E-state index in [0.717, 1.165) is 49.4 Å². The molecule has 2 aromatic carbocycles. The van der Waals surface area contributed by atoms with Gasteiger partial charge in [-0.1, -0.05) is 42.0 Å². The summed E-state index contributed by atoms with van der Waals surface area (Å²) >= 11 is 0. The molecule has 1 fully saturated rings. The fraction of sp³-hybridized carbons (Fsp3) is 0.346. The van der Waals surface area contributed by atoms with Gasteiger partial charge in [-0.15, -0.1) is 0 Å². The van der Waals surface area contributed by atoms with Crippen LogP contribution in [0.4, 0.5) is 0 Å². The van der Waals surface area contributed by atoms with Crippen molar-refractivity contribution >= 4 is 0 Å². The quantitative estimate of drug-likeness (QED) is 0.642.